The average Bonchev–Trinajstić information content (AvgIpc) is 3.11. The predicted molar refractivity (Wildman–Crippen MR) is 124 cm³/mol. The molecule has 1 fully saturated rings. The minimum atomic E-state index is -4.54. The van der Waals surface area contributed by atoms with Gasteiger partial charge in [-0.15, -0.1) is 0 Å². The number of aromatic nitrogens is 3. The highest BCUT2D eigenvalue weighted by atomic mass is 35.5. The molecule has 5 rings (SSSR count). The minimum Gasteiger partial charge on any atom is -0.356 e. The van der Waals surface area contributed by atoms with Gasteiger partial charge >= 0.3 is 6.18 Å². The smallest absolute Gasteiger partial charge is 0.356 e. The van der Waals surface area contributed by atoms with Crippen molar-refractivity contribution in [3.63, 3.8) is 0 Å². The number of halogens is 4. The van der Waals surface area contributed by atoms with E-state index in [1.165, 1.54) is 6.07 Å². The number of carbonyl (C=O) groups excluding carboxylic acids is 1. The van der Waals surface area contributed by atoms with E-state index in [4.69, 9.17) is 11.6 Å². The van der Waals surface area contributed by atoms with Crippen LogP contribution >= 0.6 is 11.6 Å². The SMILES string of the molecule is O=C(Nc1ccc(N2CCC2)nc1)c1cc2cc(C(F)(F)F)cnc2n1Cc1cccc(Cl)c1. The Morgan fingerprint density at radius 3 is 2.53 bits per heavy atom. The maximum Gasteiger partial charge on any atom is 0.417 e. The van der Waals surface area contributed by atoms with E-state index in [0.717, 1.165) is 43.2 Å². The van der Waals surface area contributed by atoms with Crippen LogP contribution in [0.15, 0.2) is 60.9 Å². The van der Waals surface area contributed by atoms with E-state index in [9.17, 15) is 18.0 Å². The van der Waals surface area contributed by atoms with Gasteiger partial charge in [-0.3, -0.25) is 4.79 Å². The van der Waals surface area contributed by atoms with Crippen molar-refractivity contribution in [3.8, 4) is 0 Å². The lowest BCUT2D eigenvalue weighted by Gasteiger charge is -2.31. The quantitative estimate of drug-likeness (QED) is 0.399. The Bertz CT molecular complexity index is 1360. The van der Waals surface area contributed by atoms with Gasteiger partial charge in [0.15, 0.2) is 0 Å². The molecule has 1 aliphatic heterocycles. The summed E-state index contributed by atoms with van der Waals surface area (Å²) < 4.78 is 41.3. The van der Waals surface area contributed by atoms with Gasteiger partial charge in [0, 0.05) is 36.2 Å². The molecule has 6 nitrogen and oxygen atoms in total. The first-order valence-electron chi connectivity index (χ1n) is 10.6. The first-order valence-corrected chi connectivity index (χ1v) is 11.0. The number of pyridine rings is 2. The van der Waals surface area contributed by atoms with Crippen LogP contribution < -0.4 is 10.2 Å². The van der Waals surface area contributed by atoms with Crippen LogP contribution in [-0.2, 0) is 12.7 Å². The highest BCUT2D eigenvalue weighted by Crippen LogP contribution is 2.32. The normalized spacial score (nSPS) is 13.7. The van der Waals surface area contributed by atoms with E-state index in [2.05, 4.69) is 20.2 Å². The summed E-state index contributed by atoms with van der Waals surface area (Å²) in [4.78, 5) is 23.7. The summed E-state index contributed by atoms with van der Waals surface area (Å²) in [5.41, 5.74) is 0.828. The number of benzene rings is 1. The van der Waals surface area contributed by atoms with Crippen molar-refractivity contribution in [1.29, 1.82) is 0 Å². The molecular formula is C24H19ClF3N5O. The Morgan fingerprint density at radius 1 is 1.06 bits per heavy atom. The predicted octanol–water partition coefficient (Wildman–Crippen LogP) is 5.61. The molecule has 0 aliphatic carbocycles. The lowest BCUT2D eigenvalue weighted by Crippen LogP contribution is -2.37. The van der Waals surface area contributed by atoms with Gasteiger partial charge in [-0.1, -0.05) is 23.7 Å². The van der Waals surface area contributed by atoms with Crippen LogP contribution in [0, 0.1) is 0 Å². The summed E-state index contributed by atoms with van der Waals surface area (Å²) in [6, 6.07) is 13.0. The van der Waals surface area contributed by atoms with Crippen molar-refractivity contribution in [2.45, 2.75) is 19.1 Å². The topological polar surface area (TPSA) is 63.1 Å². The summed E-state index contributed by atoms with van der Waals surface area (Å²) in [5, 5.41) is 3.52. The monoisotopic (exact) mass is 485 g/mol. The maximum absolute atomic E-state index is 13.2. The number of amides is 1. The standard InChI is InChI=1S/C24H19ClF3N5O/c25-18-4-1-3-15(9-18)14-33-20(11-16-10-17(24(26,27)28)12-30-22(16)33)23(34)31-19-5-6-21(29-13-19)32-7-2-8-32/h1,3-6,9-13H,2,7-8,14H2,(H,31,34). The Balaban J connectivity index is 1.50. The molecular weight excluding hydrogens is 467 g/mol. The molecule has 0 saturated carbocycles. The van der Waals surface area contributed by atoms with Gasteiger partial charge in [0.1, 0.15) is 17.2 Å². The van der Waals surface area contributed by atoms with Crippen molar-refractivity contribution in [1.82, 2.24) is 14.5 Å². The van der Waals surface area contributed by atoms with E-state index in [0.29, 0.717) is 10.7 Å². The third kappa shape index (κ3) is 4.43. The fraction of sp³-hybridized carbons (Fsp3) is 0.208. The average molecular weight is 486 g/mol. The lowest BCUT2D eigenvalue weighted by atomic mass is 10.2. The van der Waals surface area contributed by atoms with Crippen molar-refractivity contribution in [2.24, 2.45) is 0 Å². The van der Waals surface area contributed by atoms with Crippen LogP contribution in [0.3, 0.4) is 0 Å². The zero-order valence-corrected chi connectivity index (χ0v) is 18.6. The molecule has 0 atom stereocenters. The number of nitrogens with one attached hydrogen (secondary N) is 1. The summed E-state index contributed by atoms with van der Waals surface area (Å²) in [6.07, 6.45) is -1.07. The van der Waals surface area contributed by atoms with Crippen molar-refractivity contribution >= 4 is 40.0 Å². The minimum absolute atomic E-state index is 0.175. The lowest BCUT2D eigenvalue weighted by molar-refractivity contribution is -0.137. The first-order chi connectivity index (χ1) is 16.3. The van der Waals surface area contributed by atoms with Gasteiger partial charge < -0.3 is 14.8 Å². The first kappa shape index (κ1) is 22.2. The van der Waals surface area contributed by atoms with Crippen LogP contribution in [0.1, 0.15) is 28.0 Å². The second-order valence-electron chi connectivity index (χ2n) is 8.08. The number of hydrogen-bond acceptors (Lipinski definition) is 4. The number of fused-ring (bicyclic) bond motifs is 1. The molecule has 0 spiro atoms. The summed E-state index contributed by atoms with van der Waals surface area (Å²) >= 11 is 6.09. The molecule has 1 amide bonds. The molecule has 1 aromatic carbocycles. The summed E-state index contributed by atoms with van der Waals surface area (Å²) in [5.74, 6) is 0.357. The zero-order chi connectivity index (χ0) is 23.9. The molecule has 34 heavy (non-hydrogen) atoms. The molecule has 3 aromatic heterocycles. The maximum atomic E-state index is 13.2. The number of hydrogen-bond donors (Lipinski definition) is 1. The van der Waals surface area contributed by atoms with E-state index >= 15 is 0 Å². The molecule has 1 saturated heterocycles. The number of carbonyl (C=O) groups is 1. The van der Waals surface area contributed by atoms with Gasteiger partial charge in [0.25, 0.3) is 5.91 Å². The Kier molecular flexibility index (Phi) is 5.65. The van der Waals surface area contributed by atoms with Gasteiger partial charge in [-0.2, -0.15) is 13.2 Å². The molecule has 174 valence electrons. The highest BCUT2D eigenvalue weighted by molar-refractivity contribution is 6.30. The van der Waals surface area contributed by atoms with Gasteiger partial charge in [0.05, 0.1) is 17.4 Å². The van der Waals surface area contributed by atoms with Crippen molar-refractivity contribution in [2.75, 3.05) is 23.3 Å². The molecule has 1 N–H and O–H groups in total. The van der Waals surface area contributed by atoms with Gasteiger partial charge in [-0.05, 0) is 48.4 Å². The van der Waals surface area contributed by atoms with Crippen LogP contribution in [-0.4, -0.2) is 33.5 Å². The third-order valence-electron chi connectivity index (χ3n) is 5.71. The van der Waals surface area contributed by atoms with Crippen molar-refractivity contribution in [3.05, 3.63) is 82.8 Å². The van der Waals surface area contributed by atoms with Gasteiger partial charge in [0.2, 0.25) is 0 Å². The Labute approximate surface area is 198 Å². The second kappa shape index (κ2) is 8.64. The van der Waals surface area contributed by atoms with Crippen LogP contribution in [0.5, 0.6) is 0 Å². The number of nitrogens with zero attached hydrogens (tertiary/aromatic N) is 4. The molecule has 4 aromatic rings. The molecule has 1 aliphatic rings. The highest BCUT2D eigenvalue weighted by Gasteiger charge is 2.32. The van der Waals surface area contributed by atoms with E-state index in [-0.39, 0.29) is 23.3 Å². The molecule has 0 bridgehead atoms. The van der Waals surface area contributed by atoms with Crippen LogP contribution in [0.4, 0.5) is 24.7 Å². The fourth-order valence-electron chi connectivity index (χ4n) is 3.85. The molecule has 4 heterocycles. The van der Waals surface area contributed by atoms with E-state index in [1.54, 1.807) is 35.0 Å². The van der Waals surface area contributed by atoms with Gasteiger partial charge in [-0.25, -0.2) is 9.97 Å². The van der Waals surface area contributed by atoms with Crippen molar-refractivity contribution < 1.29 is 18.0 Å². The molecule has 0 radical (unpaired) electrons. The Hall–Kier alpha value is -3.59. The third-order valence-corrected chi connectivity index (χ3v) is 5.94. The molecule has 0 unspecified atom stereocenters. The fourth-order valence-corrected chi connectivity index (χ4v) is 4.07. The summed E-state index contributed by atoms with van der Waals surface area (Å²) in [6.45, 7) is 2.11. The van der Waals surface area contributed by atoms with Crippen LogP contribution in [0.2, 0.25) is 5.02 Å². The second-order valence-corrected chi connectivity index (χ2v) is 8.52. The van der Waals surface area contributed by atoms with Crippen LogP contribution in [0.25, 0.3) is 11.0 Å². The largest absolute Gasteiger partial charge is 0.417 e. The zero-order valence-electron chi connectivity index (χ0n) is 17.8. The Morgan fingerprint density at radius 2 is 1.88 bits per heavy atom. The van der Waals surface area contributed by atoms with E-state index < -0.39 is 17.6 Å². The van der Waals surface area contributed by atoms with E-state index in [1.807, 2.05) is 12.1 Å². The molecule has 10 heteroatoms. The number of rotatable bonds is 5. The number of anilines is 2. The summed E-state index contributed by atoms with van der Waals surface area (Å²) in [7, 11) is 0. The number of alkyl halides is 3.